The molecule has 9 heteroatoms. The number of nitrogens with zero attached hydrogens (tertiary/aromatic N) is 6. The highest BCUT2D eigenvalue weighted by molar-refractivity contribution is 5.78. The molecule has 35 heavy (non-hydrogen) atoms. The average Bonchev–Trinajstić information content (AvgIpc) is 2.83. The van der Waals surface area contributed by atoms with E-state index in [1.807, 2.05) is 43.8 Å². The largest absolute Gasteiger partial charge is 0.354 e. The van der Waals surface area contributed by atoms with Gasteiger partial charge in [0.1, 0.15) is 5.82 Å². The summed E-state index contributed by atoms with van der Waals surface area (Å²) in [5.41, 5.74) is 4.22. The second-order valence-corrected chi connectivity index (χ2v) is 9.12. The summed E-state index contributed by atoms with van der Waals surface area (Å²) < 4.78 is 13.6. The Kier molecular flexibility index (Phi) is 7.53. The highest BCUT2D eigenvalue weighted by Crippen LogP contribution is 2.36. The predicted octanol–water partition coefficient (Wildman–Crippen LogP) is 4.31. The number of carbonyl (C=O) groups is 1. The van der Waals surface area contributed by atoms with Gasteiger partial charge in [0.05, 0.1) is 11.7 Å². The summed E-state index contributed by atoms with van der Waals surface area (Å²) in [7, 11) is 3.78. The molecular weight excluding hydrogens is 445 g/mol. The van der Waals surface area contributed by atoms with Crippen molar-refractivity contribution >= 4 is 17.8 Å². The Hall–Kier alpha value is -3.62. The average molecular weight is 478 g/mol. The van der Waals surface area contributed by atoms with Crippen LogP contribution in [0.5, 0.6) is 0 Å². The maximum absolute atomic E-state index is 13.6. The van der Waals surface area contributed by atoms with Crippen LogP contribution in [-0.2, 0) is 4.79 Å². The number of hydrogen-bond donors (Lipinski definition) is 1. The van der Waals surface area contributed by atoms with Crippen LogP contribution in [0.1, 0.15) is 48.8 Å². The lowest BCUT2D eigenvalue weighted by molar-refractivity contribution is -0.134. The number of piperidine rings is 1. The number of benzene rings is 1. The first-order chi connectivity index (χ1) is 16.8. The van der Waals surface area contributed by atoms with Crippen LogP contribution in [0.25, 0.3) is 11.1 Å². The van der Waals surface area contributed by atoms with Crippen molar-refractivity contribution in [1.29, 1.82) is 0 Å². The van der Waals surface area contributed by atoms with Crippen molar-refractivity contribution in [2.45, 2.75) is 45.6 Å². The molecule has 1 N–H and O–H groups in total. The lowest BCUT2D eigenvalue weighted by atomic mass is 9.93. The van der Waals surface area contributed by atoms with Crippen molar-refractivity contribution in [1.82, 2.24) is 24.8 Å². The molecule has 4 rings (SSSR count). The van der Waals surface area contributed by atoms with Crippen LogP contribution in [0.15, 0.2) is 36.5 Å². The lowest BCUT2D eigenvalue weighted by Crippen LogP contribution is -2.40. The van der Waals surface area contributed by atoms with Gasteiger partial charge in [-0.05, 0) is 56.9 Å². The molecule has 1 saturated heterocycles. The fraction of sp³-hybridized carbons (Fsp3) is 0.423. The van der Waals surface area contributed by atoms with Gasteiger partial charge in [-0.25, -0.2) is 24.3 Å². The molecule has 0 saturated carbocycles. The smallest absolute Gasteiger partial charge is 0.225 e. The quantitative estimate of drug-likeness (QED) is 0.543. The van der Waals surface area contributed by atoms with Crippen molar-refractivity contribution in [3.63, 3.8) is 0 Å². The molecule has 2 aromatic heterocycles. The summed E-state index contributed by atoms with van der Waals surface area (Å²) >= 11 is 0. The summed E-state index contributed by atoms with van der Waals surface area (Å²) in [6, 6.07) is 8.07. The minimum absolute atomic E-state index is 0.0571. The minimum Gasteiger partial charge on any atom is -0.354 e. The molecule has 0 aliphatic carbocycles. The standard InChI is InChI=1S/C26H32FN7O/c1-17-15-18(2)31-25(30-17)28-13-12-23(35)34-14-6-5-7-22(34)24-21(16-29-26(32-24)33(3)4)19-8-10-20(27)11-9-19/h8-11,15-16,22H,5-7,12-14H2,1-4H3,(H,28,30,31)/t22-/m1/s1. The number of aryl methyl sites for hydroxylation is 2. The van der Waals surface area contributed by atoms with E-state index in [9.17, 15) is 9.18 Å². The maximum Gasteiger partial charge on any atom is 0.225 e. The summed E-state index contributed by atoms with van der Waals surface area (Å²) in [5, 5.41) is 3.18. The van der Waals surface area contributed by atoms with Crippen LogP contribution in [0.3, 0.4) is 0 Å². The Labute approximate surface area is 205 Å². The molecule has 1 aliphatic rings. The van der Waals surface area contributed by atoms with E-state index in [-0.39, 0.29) is 17.8 Å². The third-order valence-corrected chi connectivity index (χ3v) is 6.10. The first-order valence-electron chi connectivity index (χ1n) is 12.0. The van der Waals surface area contributed by atoms with E-state index in [1.54, 1.807) is 18.3 Å². The SMILES string of the molecule is Cc1cc(C)nc(NCCC(=O)N2CCCC[C@@H]2c2nc(N(C)C)ncc2-c2ccc(F)cc2)n1. The number of likely N-dealkylation sites (tertiary alicyclic amines) is 1. The Morgan fingerprint density at radius 1 is 1.11 bits per heavy atom. The van der Waals surface area contributed by atoms with Crippen molar-refractivity contribution in [2.75, 3.05) is 37.4 Å². The highest BCUT2D eigenvalue weighted by Gasteiger charge is 2.31. The van der Waals surface area contributed by atoms with Crippen LogP contribution < -0.4 is 10.2 Å². The van der Waals surface area contributed by atoms with Gasteiger partial charge in [0.25, 0.3) is 0 Å². The van der Waals surface area contributed by atoms with E-state index in [1.165, 1.54) is 12.1 Å². The molecule has 0 unspecified atom stereocenters. The molecule has 184 valence electrons. The maximum atomic E-state index is 13.6. The molecule has 1 fully saturated rings. The monoisotopic (exact) mass is 477 g/mol. The first kappa shape index (κ1) is 24.5. The summed E-state index contributed by atoms with van der Waals surface area (Å²) in [5.74, 6) is 0.880. The van der Waals surface area contributed by atoms with Gasteiger partial charge >= 0.3 is 0 Å². The molecule has 0 bridgehead atoms. The molecular formula is C26H32FN7O. The van der Waals surface area contributed by atoms with E-state index < -0.39 is 0 Å². The van der Waals surface area contributed by atoms with Gasteiger partial charge in [0, 0.05) is 56.8 Å². The molecule has 0 spiro atoms. The van der Waals surface area contributed by atoms with E-state index >= 15 is 0 Å². The second-order valence-electron chi connectivity index (χ2n) is 9.12. The number of aromatic nitrogens is 4. The van der Waals surface area contributed by atoms with Gasteiger partial charge in [0.2, 0.25) is 17.8 Å². The van der Waals surface area contributed by atoms with Crippen LogP contribution in [0.4, 0.5) is 16.3 Å². The lowest BCUT2D eigenvalue weighted by Gasteiger charge is -2.36. The number of rotatable bonds is 7. The molecule has 8 nitrogen and oxygen atoms in total. The number of nitrogens with one attached hydrogen (secondary N) is 1. The Morgan fingerprint density at radius 3 is 2.51 bits per heavy atom. The Morgan fingerprint density at radius 2 is 1.83 bits per heavy atom. The summed E-state index contributed by atoms with van der Waals surface area (Å²) in [6.45, 7) is 4.97. The fourth-order valence-electron chi connectivity index (χ4n) is 4.45. The Balaban J connectivity index is 1.57. The van der Waals surface area contributed by atoms with E-state index in [4.69, 9.17) is 4.98 Å². The zero-order valence-electron chi connectivity index (χ0n) is 20.8. The summed E-state index contributed by atoms with van der Waals surface area (Å²) in [4.78, 5) is 35.3. The molecule has 0 radical (unpaired) electrons. The number of amides is 1. The number of halogens is 1. The van der Waals surface area contributed by atoms with Gasteiger partial charge in [-0.1, -0.05) is 12.1 Å². The first-order valence-corrected chi connectivity index (χ1v) is 12.0. The number of anilines is 2. The van der Waals surface area contributed by atoms with Crippen LogP contribution in [0, 0.1) is 19.7 Å². The van der Waals surface area contributed by atoms with Crippen LogP contribution >= 0.6 is 0 Å². The molecule has 3 aromatic rings. The van der Waals surface area contributed by atoms with Crippen LogP contribution in [0.2, 0.25) is 0 Å². The third kappa shape index (κ3) is 5.90. The van der Waals surface area contributed by atoms with Gasteiger partial charge in [-0.15, -0.1) is 0 Å². The highest BCUT2D eigenvalue weighted by atomic mass is 19.1. The van der Waals surface area contributed by atoms with Gasteiger partial charge in [-0.2, -0.15) is 0 Å². The second kappa shape index (κ2) is 10.8. The van der Waals surface area contributed by atoms with E-state index in [2.05, 4.69) is 20.3 Å². The van der Waals surface area contributed by atoms with E-state index in [0.717, 1.165) is 47.5 Å². The van der Waals surface area contributed by atoms with Crippen molar-refractivity contribution in [3.8, 4) is 11.1 Å². The van der Waals surface area contributed by atoms with Crippen molar-refractivity contribution in [2.24, 2.45) is 0 Å². The molecule has 1 aliphatic heterocycles. The predicted molar refractivity (Wildman–Crippen MR) is 135 cm³/mol. The number of hydrogen-bond acceptors (Lipinski definition) is 7. The Bertz CT molecular complexity index is 1160. The molecule has 1 amide bonds. The van der Waals surface area contributed by atoms with Gasteiger partial charge in [-0.3, -0.25) is 4.79 Å². The summed E-state index contributed by atoms with van der Waals surface area (Å²) in [6.07, 6.45) is 4.88. The zero-order valence-corrected chi connectivity index (χ0v) is 20.8. The van der Waals surface area contributed by atoms with Crippen LogP contribution in [-0.4, -0.2) is 57.9 Å². The third-order valence-electron chi connectivity index (χ3n) is 6.10. The molecule has 1 atom stereocenters. The normalized spacial score (nSPS) is 15.7. The topological polar surface area (TPSA) is 87.1 Å². The van der Waals surface area contributed by atoms with Gasteiger partial charge < -0.3 is 15.1 Å². The zero-order chi connectivity index (χ0) is 24.9. The van der Waals surface area contributed by atoms with Gasteiger partial charge in [0.15, 0.2) is 0 Å². The number of carbonyl (C=O) groups excluding carboxylic acids is 1. The van der Waals surface area contributed by atoms with Crippen molar-refractivity contribution in [3.05, 3.63) is 59.4 Å². The fourth-order valence-corrected chi connectivity index (χ4v) is 4.45. The molecule has 1 aromatic carbocycles. The van der Waals surface area contributed by atoms with E-state index in [0.29, 0.717) is 31.4 Å². The van der Waals surface area contributed by atoms with Crippen molar-refractivity contribution < 1.29 is 9.18 Å². The minimum atomic E-state index is -0.295. The molecule has 3 heterocycles.